The fraction of sp³-hybridized carbons (Fsp3) is 0.0500. The van der Waals surface area contributed by atoms with Crippen LogP contribution in [0.2, 0.25) is 5.02 Å². The van der Waals surface area contributed by atoms with E-state index in [2.05, 4.69) is 9.97 Å². The number of aromatic nitrogens is 2. The SMILES string of the molecule is O=C(c1ccc(F)cc1)N(Cc1cccnc1)c1nc2c(Cl)cccc2s1. The quantitative estimate of drug-likeness (QED) is 0.467. The Hall–Kier alpha value is -2.83. The van der Waals surface area contributed by atoms with E-state index >= 15 is 0 Å². The highest BCUT2D eigenvalue weighted by Crippen LogP contribution is 2.34. The van der Waals surface area contributed by atoms with Crippen LogP contribution in [-0.2, 0) is 6.54 Å². The summed E-state index contributed by atoms with van der Waals surface area (Å²) in [6.07, 6.45) is 3.37. The number of halogens is 2. The second kappa shape index (κ2) is 7.42. The third-order valence-electron chi connectivity index (χ3n) is 3.99. The second-order valence-electron chi connectivity index (χ2n) is 5.84. The van der Waals surface area contributed by atoms with Crippen LogP contribution in [0.1, 0.15) is 15.9 Å². The average Bonchev–Trinajstić information content (AvgIpc) is 3.12. The number of rotatable bonds is 4. The molecule has 0 spiro atoms. The van der Waals surface area contributed by atoms with E-state index in [0.29, 0.717) is 27.8 Å². The summed E-state index contributed by atoms with van der Waals surface area (Å²) in [6.45, 7) is 0.293. The maximum absolute atomic E-state index is 13.2. The smallest absolute Gasteiger partial charge is 0.260 e. The first-order valence-electron chi connectivity index (χ1n) is 8.13. The molecule has 0 radical (unpaired) electrons. The number of nitrogens with zero attached hydrogens (tertiary/aromatic N) is 3. The van der Waals surface area contributed by atoms with Crippen LogP contribution >= 0.6 is 22.9 Å². The molecule has 0 aliphatic rings. The summed E-state index contributed by atoms with van der Waals surface area (Å²) in [5.74, 6) is -0.661. The van der Waals surface area contributed by atoms with Crippen LogP contribution in [0.5, 0.6) is 0 Å². The van der Waals surface area contributed by atoms with E-state index < -0.39 is 5.82 Å². The first kappa shape index (κ1) is 17.6. The van der Waals surface area contributed by atoms with Gasteiger partial charge in [0.25, 0.3) is 5.91 Å². The summed E-state index contributed by atoms with van der Waals surface area (Å²) in [6, 6.07) is 14.7. The Morgan fingerprint density at radius 1 is 1.11 bits per heavy atom. The van der Waals surface area contributed by atoms with Crippen LogP contribution in [0.4, 0.5) is 9.52 Å². The van der Waals surface area contributed by atoms with Gasteiger partial charge in [0.05, 0.1) is 16.3 Å². The lowest BCUT2D eigenvalue weighted by Crippen LogP contribution is -2.30. The Morgan fingerprint density at radius 3 is 2.63 bits per heavy atom. The lowest BCUT2D eigenvalue weighted by atomic mass is 10.2. The first-order chi connectivity index (χ1) is 13.1. The van der Waals surface area contributed by atoms with E-state index in [4.69, 9.17) is 11.6 Å². The zero-order valence-corrected chi connectivity index (χ0v) is 15.5. The molecule has 27 heavy (non-hydrogen) atoms. The zero-order valence-electron chi connectivity index (χ0n) is 14.0. The molecule has 134 valence electrons. The third-order valence-corrected chi connectivity index (χ3v) is 5.34. The Bertz CT molecular complexity index is 1100. The molecule has 0 fully saturated rings. The fourth-order valence-corrected chi connectivity index (χ4v) is 3.93. The van der Waals surface area contributed by atoms with Crippen molar-refractivity contribution in [1.29, 1.82) is 0 Å². The van der Waals surface area contributed by atoms with Gasteiger partial charge in [-0.25, -0.2) is 9.37 Å². The minimum atomic E-state index is -0.392. The van der Waals surface area contributed by atoms with Crippen molar-refractivity contribution < 1.29 is 9.18 Å². The molecule has 1 amide bonds. The average molecular weight is 398 g/mol. The van der Waals surface area contributed by atoms with Gasteiger partial charge in [0.1, 0.15) is 11.3 Å². The topological polar surface area (TPSA) is 46.1 Å². The van der Waals surface area contributed by atoms with Gasteiger partial charge in [-0.3, -0.25) is 14.7 Å². The molecule has 4 rings (SSSR count). The molecule has 2 aromatic heterocycles. The highest BCUT2D eigenvalue weighted by molar-refractivity contribution is 7.22. The molecule has 0 atom stereocenters. The molecule has 4 nitrogen and oxygen atoms in total. The molecule has 0 saturated carbocycles. The van der Waals surface area contributed by atoms with E-state index in [1.165, 1.54) is 35.6 Å². The molecule has 0 bridgehead atoms. The van der Waals surface area contributed by atoms with Crippen molar-refractivity contribution in [3.63, 3.8) is 0 Å². The fourth-order valence-electron chi connectivity index (χ4n) is 2.67. The summed E-state index contributed by atoms with van der Waals surface area (Å²) >= 11 is 7.62. The Labute approximate surface area is 163 Å². The molecule has 7 heteroatoms. The number of para-hydroxylation sites is 1. The second-order valence-corrected chi connectivity index (χ2v) is 7.26. The van der Waals surface area contributed by atoms with E-state index in [0.717, 1.165) is 10.3 Å². The minimum Gasteiger partial charge on any atom is -0.279 e. The van der Waals surface area contributed by atoms with E-state index in [1.54, 1.807) is 23.4 Å². The lowest BCUT2D eigenvalue weighted by Gasteiger charge is -2.20. The molecule has 0 aliphatic heterocycles. The summed E-state index contributed by atoms with van der Waals surface area (Å²) < 4.78 is 14.1. The highest BCUT2D eigenvalue weighted by atomic mass is 35.5. The summed E-state index contributed by atoms with van der Waals surface area (Å²) in [5, 5.41) is 1.06. The number of benzene rings is 2. The molecule has 4 aromatic rings. The maximum atomic E-state index is 13.2. The van der Waals surface area contributed by atoms with E-state index in [1.807, 2.05) is 24.3 Å². The van der Waals surface area contributed by atoms with Gasteiger partial charge in [-0.1, -0.05) is 35.1 Å². The zero-order chi connectivity index (χ0) is 18.8. The van der Waals surface area contributed by atoms with Crippen molar-refractivity contribution in [1.82, 2.24) is 9.97 Å². The van der Waals surface area contributed by atoms with Crippen LogP contribution in [0.15, 0.2) is 67.0 Å². The highest BCUT2D eigenvalue weighted by Gasteiger charge is 2.22. The van der Waals surface area contributed by atoms with Crippen LogP contribution in [-0.4, -0.2) is 15.9 Å². The van der Waals surface area contributed by atoms with E-state index in [-0.39, 0.29) is 5.91 Å². The minimum absolute atomic E-state index is 0.269. The normalized spacial score (nSPS) is 10.9. The van der Waals surface area contributed by atoms with Crippen LogP contribution in [0.3, 0.4) is 0 Å². The number of pyridine rings is 1. The summed E-state index contributed by atoms with van der Waals surface area (Å²) in [7, 11) is 0. The number of thiazole rings is 1. The summed E-state index contributed by atoms with van der Waals surface area (Å²) in [5.41, 5.74) is 1.89. The molecule has 0 saturated heterocycles. The van der Waals surface area contributed by atoms with Gasteiger partial charge in [-0.15, -0.1) is 0 Å². The number of carbonyl (C=O) groups excluding carboxylic acids is 1. The van der Waals surface area contributed by atoms with Crippen molar-refractivity contribution in [3.8, 4) is 0 Å². The number of fused-ring (bicyclic) bond motifs is 1. The molecule has 0 unspecified atom stereocenters. The van der Waals surface area contributed by atoms with Crippen LogP contribution in [0, 0.1) is 5.82 Å². The summed E-state index contributed by atoms with van der Waals surface area (Å²) in [4.78, 5) is 23.4. The third kappa shape index (κ3) is 3.67. The van der Waals surface area contributed by atoms with Crippen molar-refractivity contribution in [3.05, 3.63) is 89.0 Å². The van der Waals surface area contributed by atoms with Gasteiger partial charge in [0.2, 0.25) is 0 Å². The Balaban J connectivity index is 1.78. The maximum Gasteiger partial charge on any atom is 0.260 e. The van der Waals surface area contributed by atoms with Crippen molar-refractivity contribution in [2.75, 3.05) is 4.90 Å². The molecular weight excluding hydrogens is 385 g/mol. The number of anilines is 1. The van der Waals surface area contributed by atoms with Crippen molar-refractivity contribution in [2.45, 2.75) is 6.54 Å². The van der Waals surface area contributed by atoms with Crippen molar-refractivity contribution in [2.24, 2.45) is 0 Å². The molecule has 0 N–H and O–H groups in total. The number of amides is 1. The number of hydrogen-bond acceptors (Lipinski definition) is 4. The largest absolute Gasteiger partial charge is 0.279 e. The monoisotopic (exact) mass is 397 g/mol. The standard InChI is InChI=1S/C20H13ClFN3OS/c21-16-4-1-5-17-18(16)24-20(27-17)25(12-13-3-2-10-23-11-13)19(26)14-6-8-15(22)9-7-14/h1-11H,12H2. The molecular formula is C20H13ClFN3OS. The molecule has 2 heterocycles. The van der Waals surface area contributed by atoms with Gasteiger partial charge in [-0.05, 0) is 48.0 Å². The Kier molecular flexibility index (Phi) is 4.83. The van der Waals surface area contributed by atoms with E-state index in [9.17, 15) is 9.18 Å². The Morgan fingerprint density at radius 2 is 1.93 bits per heavy atom. The molecule has 0 aliphatic carbocycles. The van der Waals surface area contributed by atoms with Crippen LogP contribution in [0.25, 0.3) is 10.2 Å². The lowest BCUT2D eigenvalue weighted by molar-refractivity contribution is 0.0985. The van der Waals surface area contributed by atoms with Gasteiger partial charge in [0, 0.05) is 18.0 Å². The predicted molar refractivity (Wildman–Crippen MR) is 106 cm³/mol. The number of hydrogen-bond donors (Lipinski definition) is 0. The van der Waals surface area contributed by atoms with Crippen molar-refractivity contribution >= 4 is 44.2 Å². The van der Waals surface area contributed by atoms with Crippen LogP contribution < -0.4 is 4.90 Å². The first-order valence-corrected chi connectivity index (χ1v) is 9.32. The van der Waals surface area contributed by atoms with Gasteiger partial charge in [-0.2, -0.15) is 0 Å². The number of carbonyl (C=O) groups is 1. The molecule has 2 aromatic carbocycles. The predicted octanol–water partition coefficient (Wildman–Crippen LogP) is 5.33. The van der Waals surface area contributed by atoms with Gasteiger partial charge >= 0.3 is 0 Å². The van der Waals surface area contributed by atoms with Gasteiger partial charge in [0.15, 0.2) is 5.13 Å². The van der Waals surface area contributed by atoms with Gasteiger partial charge < -0.3 is 0 Å².